The predicted octanol–water partition coefficient (Wildman–Crippen LogP) is 1.62. The van der Waals surface area contributed by atoms with Gasteiger partial charge in [0.05, 0.1) is 6.61 Å². The number of aromatic nitrogens is 2. The molecule has 1 aromatic heterocycles. The number of para-hydroxylation sites is 1. The van der Waals surface area contributed by atoms with Crippen LogP contribution in [0.1, 0.15) is 23.4 Å². The maximum atomic E-state index is 12.5. The van der Waals surface area contributed by atoms with E-state index in [1.165, 1.54) is 0 Å². The highest BCUT2D eigenvalue weighted by atomic mass is 16.5. The van der Waals surface area contributed by atoms with E-state index in [0.717, 1.165) is 17.0 Å². The highest BCUT2D eigenvalue weighted by molar-refractivity contribution is 5.79. The van der Waals surface area contributed by atoms with Crippen LogP contribution in [-0.4, -0.2) is 28.6 Å². The number of fused-ring (bicyclic) bond motifs is 1. The molecular weight excluding hydrogens is 318 g/mol. The van der Waals surface area contributed by atoms with Crippen LogP contribution in [0, 0.1) is 19.8 Å². The van der Waals surface area contributed by atoms with Gasteiger partial charge >= 0.3 is 5.69 Å². The van der Waals surface area contributed by atoms with Gasteiger partial charge in [0.1, 0.15) is 5.75 Å². The van der Waals surface area contributed by atoms with Crippen LogP contribution >= 0.6 is 0 Å². The molecule has 6 heteroatoms. The Kier molecular flexibility index (Phi) is 5.16. The third-order valence-corrected chi connectivity index (χ3v) is 4.51. The van der Waals surface area contributed by atoms with Gasteiger partial charge in [-0.15, -0.1) is 0 Å². The van der Waals surface area contributed by atoms with Gasteiger partial charge in [-0.3, -0.25) is 9.36 Å². The molecule has 1 aromatic carbocycles. The molecule has 132 valence electrons. The maximum Gasteiger partial charge on any atom is 0.348 e. The van der Waals surface area contributed by atoms with E-state index in [0.29, 0.717) is 38.2 Å². The molecule has 0 fully saturated rings. The van der Waals surface area contributed by atoms with Crippen molar-refractivity contribution in [3.63, 3.8) is 0 Å². The quantitative estimate of drug-likeness (QED) is 0.917. The molecule has 6 nitrogen and oxygen atoms in total. The summed E-state index contributed by atoms with van der Waals surface area (Å²) in [7, 11) is 0. The predicted molar refractivity (Wildman–Crippen MR) is 94.7 cm³/mol. The molecular formula is C19H23N3O3. The summed E-state index contributed by atoms with van der Waals surface area (Å²) in [6.07, 6.45) is 1.36. The summed E-state index contributed by atoms with van der Waals surface area (Å²) in [5, 5.41) is 2.95. The molecule has 0 bridgehead atoms. The zero-order valence-corrected chi connectivity index (χ0v) is 14.6. The average Bonchev–Trinajstić information content (AvgIpc) is 2.79. The minimum Gasteiger partial charge on any atom is -0.493 e. The second-order valence-electron chi connectivity index (χ2n) is 6.41. The van der Waals surface area contributed by atoms with Gasteiger partial charge in [0.15, 0.2) is 0 Å². The molecule has 25 heavy (non-hydrogen) atoms. The van der Waals surface area contributed by atoms with Crippen LogP contribution in [0.25, 0.3) is 0 Å². The van der Waals surface area contributed by atoms with Crippen molar-refractivity contribution in [3.8, 4) is 5.75 Å². The van der Waals surface area contributed by atoms with Crippen LogP contribution in [0.4, 0.5) is 0 Å². The first kappa shape index (κ1) is 17.2. The van der Waals surface area contributed by atoms with Crippen LogP contribution in [0.5, 0.6) is 5.75 Å². The molecule has 1 atom stereocenters. The summed E-state index contributed by atoms with van der Waals surface area (Å²) in [6.45, 7) is 5.03. The van der Waals surface area contributed by atoms with Gasteiger partial charge in [-0.05, 0) is 44.4 Å². The zero-order valence-electron chi connectivity index (χ0n) is 14.6. The summed E-state index contributed by atoms with van der Waals surface area (Å²) < 4.78 is 7.29. The van der Waals surface area contributed by atoms with Gasteiger partial charge in [0, 0.05) is 30.4 Å². The Balaban J connectivity index is 1.59. The number of hydrogen-bond acceptors (Lipinski definition) is 4. The van der Waals surface area contributed by atoms with Gasteiger partial charge in [-0.25, -0.2) is 4.79 Å². The van der Waals surface area contributed by atoms with Gasteiger partial charge in [0.25, 0.3) is 0 Å². The Bertz CT molecular complexity index is 829. The third-order valence-electron chi connectivity index (χ3n) is 4.51. The number of rotatable bonds is 4. The fraction of sp³-hybridized carbons (Fsp3) is 0.421. The second kappa shape index (κ2) is 7.51. The first-order valence-corrected chi connectivity index (χ1v) is 8.58. The number of hydrogen-bond donors (Lipinski definition) is 1. The van der Waals surface area contributed by atoms with Gasteiger partial charge < -0.3 is 10.1 Å². The minimum atomic E-state index is -0.274. The van der Waals surface area contributed by atoms with Gasteiger partial charge in [0.2, 0.25) is 5.91 Å². The van der Waals surface area contributed by atoms with Crippen molar-refractivity contribution >= 4 is 5.91 Å². The number of ether oxygens (including phenoxy) is 1. The Morgan fingerprint density at radius 1 is 1.36 bits per heavy atom. The largest absolute Gasteiger partial charge is 0.493 e. The standard InChI is InChI=1S/C19H23N3O3/c1-13-11-14(2)22(19(24)21-13)9-8-20-18(23)16-7-10-25-17-6-4-3-5-15(17)12-16/h3-6,11,16H,7-10,12H2,1-2H3,(H,20,23). The van der Waals surface area contributed by atoms with Crippen LogP contribution in [0.15, 0.2) is 35.1 Å². The third kappa shape index (κ3) is 4.07. The molecule has 1 aliphatic heterocycles. The lowest BCUT2D eigenvalue weighted by molar-refractivity contribution is -0.125. The summed E-state index contributed by atoms with van der Waals surface area (Å²) in [5.74, 6) is 0.759. The van der Waals surface area contributed by atoms with E-state index in [9.17, 15) is 9.59 Å². The Morgan fingerprint density at radius 3 is 2.96 bits per heavy atom. The SMILES string of the molecule is Cc1cc(C)n(CCNC(=O)C2CCOc3ccccc3C2)c(=O)n1. The van der Waals surface area contributed by atoms with Crippen molar-refractivity contribution in [2.75, 3.05) is 13.2 Å². The number of carbonyl (C=O) groups is 1. The van der Waals surface area contributed by atoms with Crippen LogP contribution < -0.4 is 15.7 Å². The van der Waals surface area contributed by atoms with E-state index in [-0.39, 0.29) is 17.5 Å². The van der Waals surface area contributed by atoms with Crippen molar-refractivity contribution in [2.45, 2.75) is 33.2 Å². The van der Waals surface area contributed by atoms with Crippen molar-refractivity contribution in [2.24, 2.45) is 5.92 Å². The summed E-state index contributed by atoms with van der Waals surface area (Å²) >= 11 is 0. The Hall–Kier alpha value is -2.63. The average molecular weight is 341 g/mol. The minimum absolute atomic E-state index is 0.00563. The molecule has 2 heterocycles. The van der Waals surface area contributed by atoms with E-state index in [1.54, 1.807) is 11.5 Å². The highest BCUT2D eigenvalue weighted by Gasteiger charge is 2.23. The van der Waals surface area contributed by atoms with Crippen molar-refractivity contribution < 1.29 is 9.53 Å². The number of benzene rings is 1. The topological polar surface area (TPSA) is 73.2 Å². The molecule has 3 rings (SSSR count). The Labute approximate surface area is 146 Å². The smallest absolute Gasteiger partial charge is 0.348 e. The van der Waals surface area contributed by atoms with Crippen molar-refractivity contribution in [1.82, 2.24) is 14.9 Å². The van der Waals surface area contributed by atoms with Crippen LogP contribution in [0.2, 0.25) is 0 Å². The fourth-order valence-corrected chi connectivity index (χ4v) is 3.20. The van der Waals surface area contributed by atoms with Gasteiger partial charge in [-0.2, -0.15) is 4.98 Å². The molecule has 0 aliphatic carbocycles. The normalized spacial score (nSPS) is 16.5. The molecule has 1 aliphatic rings. The maximum absolute atomic E-state index is 12.5. The molecule has 1 amide bonds. The number of amides is 1. The molecule has 1 N–H and O–H groups in total. The lowest BCUT2D eigenvalue weighted by Gasteiger charge is -2.15. The summed E-state index contributed by atoms with van der Waals surface area (Å²) in [5.41, 5.74) is 2.35. The fourth-order valence-electron chi connectivity index (χ4n) is 3.20. The molecule has 0 spiro atoms. The molecule has 0 saturated carbocycles. The lowest BCUT2D eigenvalue weighted by atomic mass is 9.96. The van der Waals surface area contributed by atoms with Crippen molar-refractivity contribution in [3.05, 3.63) is 57.8 Å². The van der Waals surface area contributed by atoms with E-state index in [2.05, 4.69) is 10.3 Å². The molecule has 2 aromatic rings. The van der Waals surface area contributed by atoms with Crippen LogP contribution in [0.3, 0.4) is 0 Å². The number of carbonyl (C=O) groups excluding carboxylic acids is 1. The van der Waals surface area contributed by atoms with Crippen molar-refractivity contribution in [1.29, 1.82) is 0 Å². The van der Waals surface area contributed by atoms with E-state index < -0.39 is 0 Å². The lowest BCUT2D eigenvalue weighted by Crippen LogP contribution is -2.36. The summed E-state index contributed by atoms with van der Waals surface area (Å²) in [6, 6.07) is 9.71. The molecule has 0 saturated heterocycles. The first-order valence-electron chi connectivity index (χ1n) is 8.58. The van der Waals surface area contributed by atoms with E-state index >= 15 is 0 Å². The first-order chi connectivity index (χ1) is 12.0. The number of nitrogens with zero attached hydrogens (tertiary/aromatic N) is 2. The summed E-state index contributed by atoms with van der Waals surface area (Å²) in [4.78, 5) is 28.4. The molecule has 1 unspecified atom stereocenters. The van der Waals surface area contributed by atoms with E-state index in [4.69, 9.17) is 4.74 Å². The highest BCUT2D eigenvalue weighted by Crippen LogP contribution is 2.26. The second-order valence-corrected chi connectivity index (χ2v) is 6.41. The number of nitrogens with one attached hydrogen (secondary N) is 1. The number of aryl methyl sites for hydroxylation is 2. The van der Waals surface area contributed by atoms with Gasteiger partial charge in [-0.1, -0.05) is 18.2 Å². The van der Waals surface area contributed by atoms with E-state index in [1.807, 2.05) is 37.3 Å². The zero-order chi connectivity index (χ0) is 17.8. The molecule has 0 radical (unpaired) electrons. The van der Waals surface area contributed by atoms with Crippen LogP contribution in [-0.2, 0) is 17.8 Å². The monoisotopic (exact) mass is 341 g/mol. The Morgan fingerprint density at radius 2 is 2.16 bits per heavy atom.